The van der Waals surface area contributed by atoms with Gasteiger partial charge in [-0.25, -0.2) is 4.68 Å². The maximum atomic E-state index is 12.8. The van der Waals surface area contributed by atoms with E-state index in [0.717, 1.165) is 6.92 Å². The number of rotatable bonds is 3. The van der Waals surface area contributed by atoms with Crippen LogP contribution in [0.25, 0.3) is 16.6 Å². The molecule has 0 spiro atoms. The van der Waals surface area contributed by atoms with E-state index < -0.39 is 17.7 Å². The molecule has 126 valence electrons. The summed E-state index contributed by atoms with van der Waals surface area (Å²) in [5.41, 5.74) is 0.687. The average Bonchev–Trinajstić information content (AvgIpc) is 2.91. The van der Waals surface area contributed by atoms with Crippen molar-refractivity contribution in [2.75, 3.05) is 0 Å². The highest BCUT2D eigenvalue weighted by Gasteiger charge is 2.36. The molecule has 0 aliphatic rings. The predicted molar refractivity (Wildman–Crippen MR) is 85.6 cm³/mol. The highest BCUT2D eigenvalue weighted by atomic mass is 35.5. The third kappa shape index (κ3) is 3.03. The minimum absolute atomic E-state index is 0.200. The maximum absolute atomic E-state index is 12.8. The number of H-pyrrole nitrogens is 1. The van der Waals surface area contributed by atoms with Gasteiger partial charge in [0.1, 0.15) is 0 Å². The fourth-order valence-electron chi connectivity index (χ4n) is 2.46. The molecule has 1 N–H and O–H groups in total. The van der Waals surface area contributed by atoms with E-state index in [1.54, 1.807) is 24.3 Å². The number of nitrogens with one attached hydrogen (secondary N) is 1. The van der Waals surface area contributed by atoms with E-state index in [2.05, 4.69) is 10.1 Å². The van der Waals surface area contributed by atoms with Crippen molar-refractivity contribution in [3.63, 3.8) is 0 Å². The fraction of sp³-hybridized carbons (Fsp3) is 0.250. The summed E-state index contributed by atoms with van der Waals surface area (Å²) in [6.45, 7) is 1.08. The first-order valence-electron chi connectivity index (χ1n) is 7.19. The molecule has 1 atom stereocenters. The second-order valence-corrected chi connectivity index (χ2v) is 5.98. The number of hydrogen-bond donors (Lipinski definition) is 1. The van der Waals surface area contributed by atoms with Crippen LogP contribution < -0.4 is 5.56 Å². The molecule has 8 heteroatoms. The lowest BCUT2D eigenvalue weighted by molar-refractivity contribution is -0.169. The van der Waals surface area contributed by atoms with Crippen LogP contribution in [0.4, 0.5) is 13.2 Å². The number of alkyl halides is 3. The van der Waals surface area contributed by atoms with Crippen LogP contribution in [0.5, 0.6) is 0 Å². The van der Waals surface area contributed by atoms with Gasteiger partial charge in [0.25, 0.3) is 5.56 Å². The first-order valence-corrected chi connectivity index (χ1v) is 7.56. The molecule has 0 aliphatic carbocycles. The summed E-state index contributed by atoms with van der Waals surface area (Å²) in [5, 5.41) is 4.86. The average molecular weight is 356 g/mol. The summed E-state index contributed by atoms with van der Waals surface area (Å²) in [6, 6.07) is 8.41. The Hall–Kier alpha value is -2.28. The number of aromatic nitrogens is 3. The van der Waals surface area contributed by atoms with Crippen LogP contribution in [-0.4, -0.2) is 20.9 Å². The van der Waals surface area contributed by atoms with Gasteiger partial charge < -0.3 is 4.98 Å². The summed E-state index contributed by atoms with van der Waals surface area (Å²) in [5.74, 6) is -1.57. The number of para-hydroxylation sites is 1. The molecule has 0 radical (unpaired) electrons. The van der Waals surface area contributed by atoms with Gasteiger partial charge in [0, 0.05) is 5.69 Å². The summed E-state index contributed by atoms with van der Waals surface area (Å²) in [4.78, 5) is 14.6. The number of hydrogen-bond acceptors (Lipinski definition) is 2. The summed E-state index contributed by atoms with van der Waals surface area (Å²) in [7, 11) is 0. The van der Waals surface area contributed by atoms with E-state index in [1.165, 1.54) is 16.9 Å². The highest BCUT2D eigenvalue weighted by molar-refractivity contribution is 6.32. The standard InChI is InChI=1S/C16H13ClF3N3O/c1-9(16(18,19)20)6-10-7-14-11(15(24)22-10)8-21-23(14)13-5-3-2-4-12(13)17/h2-5,7-9H,6H2,1H3,(H,22,24)/t9-/m0/s1. The molecular weight excluding hydrogens is 343 g/mol. The van der Waals surface area contributed by atoms with Gasteiger partial charge in [0.2, 0.25) is 0 Å². The third-order valence-corrected chi connectivity index (χ3v) is 4.12. The molecule has 2 aromatic heterocycles. The van der Waals surface area contributed by atoms with E-state index in [-0.39, 0.29) is 12.1 Å². The number of nitrogens with zero attached hydrogens (tertiary/aromatic N) is 2. The Kier molecular flexibility index (Phi) is 4.13. The van der Waals surface area contributed by atoms with Crippen molar-refractivity contribution < 1.29 is 13.2 Å². The molecule has 4 nitrogen and oxygen atoms in total. The number of fused-ring (bicyclic) bond motifs is 1. The lowest BCUT2D eigenvalue weighted by atomic mass is 10.0. The van der Waals surface area contributed by atoms with Crippen molar-refractivity contribution >= 4 is 22.5 Å². The molecule has 2 heterocycles. The molecule has 0 bridgehead atoms. The Labute approximate surface area is 139 Å². The monoisotopic (exact) mass is 355 g/mol. The first kappa shape index (κ1) is 16.6. The van der Waals surface area contributed by atoms with Crippen LogP contribution in [-0.2, 0) is 6.42 Å². The van der Waals surface area contributed by atoms with E-state index in [0.29, 0.717) is 21.6 Å². The van der Waals surface area contributed by atoms with Gasteiger partial charge in [-0.05, 0) is 24.6 Å². The van der Waals surface area contributed by atoms with Crippen LogP contribution in [0.2, 0.25) is 5.02 Å². The normalized spacial score (nSPS) is 13.4. The lowest BCUT2D eigenvalue weighted by Gasteiger charge is -2.15. The van der Waals surface area contributed by atoms with Gasteiger partial charge in [0.05, 0.1) is 33.7 Å². The quantitative estimate of drug-likeness (QED) is 0.768. The lowest BCUT2D eigenvalue weighted by Crippen LogP contribution is -2.23. The van der Waals surface area contributed by atoms with Crippen LogP contribution >= 0.6 is 11.6 Å². The predicted octanol–water partition coefficient (Wildman–Crippen LogP) is 4.11. The minimum Gasteiger partial charge on any atom is -0.326 e. The zero-order valence-corrected chi connectivity index (χ0v) is 13.3. The SMILES string of the molecule is C[C@@H](Cc1cc2c(cnn2-c2ccccc2Cl)c(=O)[nH]1)C(F)(F)F. The Bertz CT molecular complexity index is 946. The Balaban J connectivity index is 2.12. The topological polar surface area (TPSA) is 50.7 Å². The van der Waals surface area contributed by atoms with E-state index in [4.69, 9.17) is 11.6 Å². The number of aromatic amines is 1. The van der Waals surface area contributed by atoms with Gasteiger partial charge in [0.15, 0.2) is 0 Å². The van der Waals surface area contributed by atoms with Gasteiger partial charge in [-0.2, -0.15) is 18.3 Å². The smallest absolute Gasteiger partial charge is 0.326 e. The maximum Gasteiger partial charge on any atom is 0.391 e. The minimum atomic E-state index is -4.32. The first-order chi connectivity index (χ1) is 11.3. The summed E-state index contributed by atoms with van der Waals surface area (Å²) < 4.78 is 39.7. The molecule has 24 heavy (non-hydrogen) atoms. The Morgan fingerprint density at radius 3 is 2.71 bits per heavy atom. The van der Waals surface area contributed by atoms with Gasteiger partial charge in [-0.15, -0.1) is 0 Å². The second kappa shape index (κ2) is 5.98. The number of pyridine rings is 1. The van der Waals surface area contributed by atoms with E-state index in [9.17, 15) is 18.0 Å². The molecule has 3 rings (SSSR count). The van der Waals surface area contributed by atoms with Crippen molar-refractivity contribution in [1.82, 2.24) is 14.8 Å². The number of benzene rings is 1. The molecule has 0 saturated heterocycles. The van der Waals surface area contributed by atoms with Gasteiger partial charge >= 0.3 is 6.18 Å². The van der Waals surface area contributed by atoms with E-state index >= 15 is 0 Å². The Morgan fingerprint density at radius 1 is 1.33 bits per heavy atom. The van der Waals surface area contributed by atoms with Crippen LogP contribution in [0.3, 0.4) is 0 Å². The van der Waals surface area contributed by atoms with Crippen molar-refractivity contribution in [3.05, 3.63) is 57.6 Å². The molecule has 0 unspecified atom stereocenters. The van der Waals surface area contributed by atoms with Gasteiger partial charge in [-0.1, -0.05) is 30.7 Å². The molecule has 0 aliphatic heterocycles. The molecule has 0 amide bonds. The van der Waals surface area contributed by atoms with Gasteiger partial charge in [-0.3, -0.25) is 4.79 Å². The zero-order chi connectivity index (χ0) is 17.5. The van der Waals surface area contributed by atoms with Crippen LogP contribution in [0.15, 0.2) is 41.3 Å². The highest BCUT2D eigenvalue weighted by Crippen LogP contribution is 2.29. The fourth-order valence-corrected chi connectivity index (χ4v) is 2.67. The molecule has 0 fully saturated rings. The molecule has 0 saturated carbocycles. The summed E-state index contributed by atoms with van der Waals surface area (Å²) >= 11 is 6.14. The molecule has 3 aromatic rings. The molecule has 1 aromatic carbocycles. The van der Waals surface area contributed by atoms with Crippen molar-refractivity contribution in [2.24, 2.45) is 5.92 Å². The van der Waals surface area contributed by atoms with Crippen molar-refractivity contribution in [2.45, 2.75) is 19.5 Å². The van der Waals surface area contributed by atoms with Crippen LogP contribution in [0.1, 0.15) is 12.6 Å². The second-order valence-electron chi connectivity index (χ2n) is 5.58. The van der Waals surface area contributed by atoms with Crippen LogP contribution in [0, 0.1) is 5.92 Å². The molecular formula is C16H13ClF3N3O. The largest absolute Gasteiger partial charge is 0.391 e. The third-order valence-electron chi connectivity index (χ3n) is 3.80. The van der Waals surface area contributed by atoms with Crippen molar-refractivity contribution in [3.8, 4) is 5.69 Å². The number of halogens is 4. The van der Waals surface area contributed by atoms with Crippen molar-refractivity contribution in [1.29, 1.82) is 0 Å². The Morgan fingerprint density at radius 2 is 2.04 bits per heavy atom. The zero-order valence-electron chi connectivity index (χ0n) is 12.6. The summed E-state index contributed by atoms with van der Waals surface area (Å²) in [6.07, 6.45) is -3.27. The van der Waals surface area contributed by atoms with E-state index in [1.807, 2.05) is 0 Å².